The van der Waals surface area contributed by atoms with Gasteiger partial charge in [0.25, 0.3) is 6.43 Å². The number of H-pyrrole nitrogens is 1. The zero-order valence-electron chi connectivity index (χ0n) is 9.13. The fraction of sp³-hybridized carbons (Fsp3) is 0.400. The van der Waals surface area contributed by atoms with Crippen molar-refractivity contribution >= 4 is 11.8 Å². The van der Waals surface area contributed by atoms with Gasteiger partial charge in [0.1, 0.15) is 5.82 Å². The number of alkyl halides is 2. The van der Waals surface area contributed by atoms with Gasteiger partial charge in [0, 0.05) is 11.8 Å². The zero-order valence-corrected chi connectivity index (χ0v) is 9.13. The van der Waals surface area contributed by atoms with Crippen LogP contribution in [0.5, 0.6) is 0 Å². The Morgan fingerprint density at radius 1 is 1.59 bits per heavy atom. The van der Waals surface area contributed by atoms with E-state index in [1.165, 1.54) is 0 Å². The summed E-state index contributed by atoms with van der Waals surface area (Å²) >= 11 is 0. The van der Waals surface area contributed by atoms with Crippen molar-refractivity contribution in [2.24, 2.45) is 0 Å². The maximum atomic E-state index is 12.6. The van der Waals surface area contributed by atoms with Crippen LogP contribution >= 0.6 is 0 Å². The molecule has 1 aromatic rings. The minimum Gasteiger partial charge on any atom is -0.466 e. The lowest BCUT2D eigenvalue weighted by Crippen LogP contribution is -2.19. The Bertz CT molecular complexity index is 471. The van der Waals surface area contributed by atoms with E-state index in [9.17, 15) is 18.4 Å². The Labute approximate surface area is 95.6 Å². The van der Waals surface area contributed by atoms with E-state index < -0.39 is 29.8 Å². The molecule has 5 nitrogen and oxygen atoms in total. The third-order valence-corrected chi connectivity index (χ3v) is 2.02. The number of aromatic amines is 1. The van der Waals surface area contributed by atoms with Gasteiger partial charge < -0.3 is 15.5 Å². The van der Waals surface area contributed by atoms with Crippen LogP contribution in [0, 0.1) is 0 Å². The second-order valence-corrected chi connectivity index (χ2v) is 3.26. The molecule has 1 rings (SSSR count). The summed E-state index contributed by atoms with van der Waals surface area (Å²) < 4.78 is 29.9. The lowest BCUT2D eigenvalue weighted by molar-refractivity contribution is -0.142. The number of aromatic nitrogens is 1. The molecule has 3 N–H and O–H groups in total. The number of esters is 1. The Kier molecular flexibility index (Phi) is 4.19. The molecule has 0 saturated carbocycles. The van der Waals surface area contributed by atoms with Crippen molar-refractivity contribution in [3.05, 3.63) is 27.5 Å². The van der Waals surface area contributed by atoms with Gasteiger partial charge in [-0.1, -0.05) is 0 Å². The first-order chi connectivity index (χ1) is 7.95. The number of carbonyl (C=O) groups excluding carboxylic acids is 1. The van der Waals surface area contributed by atoms with Crippen LogP contribution in [0.3, 0.4) is 0 Å². The second kappa shape index (κ2) is 5.42. The van der Waals surface area contributed by atoms with Crippen LogP contribution in [0.15, 0.2) is 10.9 Å². The van der Waals surface area contributed by atoms with Gasteiger partial charge in [0.15, 0.2) is 5.43 Å². The van der Waals surface area contributed by atoms with E-state index in [0.717, 1.165) is 6.07 Å². The average molecular weight is 246 g/mol. The van der Waals surface area contributed by atoms with Crippen LogP contribution in [-0.2, 0) is 16.0 Å². The Morgan fingerprint density at radius 2 is 2.24 bits per heavy atom. The predicted octanol–water partition coefficient (Wildman–Crippen LogP) is 1.00. The number of nitrogen functional groups attached to an aromatic ring is 1. The molecule has 0 radical (unpaired) electrons. The van der Waals surface area contributed by atoms with Crippen molar-refractivity contribution in [3.63, 3.8) is 0 Å². The highest BCUT2D eigenvalue weighted by atomic mass is 19.3. The van der Waals surface area contributed by atoms with Gasteiger partial charge in [-0.15, -0.1) is 0 Å². The fourth-order valence-electron chi connectivity index (χ4n) is 1.38. The van der Waals surface area contributed by atoms with Gasteiger partial charge in [0.2, 0.25) is 0 Å². The molecular formula is C10H12F2N2O3. The monoisotopic (exact) mass is 246 g/mol. The molecule has 17 heavy (non-hydrogen) atoms. The molecule has 0 amide bonds. The van der Waals surface area contributed by atoms with Crippen LogP contribution in [0.2, 0.25) is 0 Å². The first-order valence-electron chi connectivity index (χ1n) is 4.91. The number of pyridine rings is 1. The van der Waals surface area contributed by atoms with Crippen molar-refractivity contribution in [2.75, 3.05) is 12.3 Å². The highest BCUT2D eigenvalue weighted by molar-refractivity contribution is 5.72. The molecule has 0 aliphatic carbocycles. The molecule has 7 heteroatoms. The normalized spacial score (nSPS) is 10.6. The smallest absolute Gasteiger partial charge is 0.311 e. The summed E-state index contributed by atoms with van der Waals surface area (Å²) in [5.41, 5.74) is 3.48. The average Bonchev–Trinajstić information content (AvgIpc) is 2.15. The molecular weight excluding hydrogens is 234 g/mol. The molecule has 0 aliphatic heterocycles. The number of ether oxygens (including phenoxy) is 1. The molecule has 1 heterocycles. The number of carbonyl (C=O) groups is 1. The van der Waals surface area contributed by atoms with Gasteiger partial charge in [-0.25, -0.2) is 8.78 Å². The van der Waals surface area contributed by atoms with Gasteiger partial charge in [0.05, 0.1) is 18.6 Å². The first-order valence-corrected chi connectivity index (χ1v) is 4.91. The molecule has 0 spiro atoms. The van der Waals surface area contributed by atoms with Crippen molar-refractivity contribution < 1.29 is 18.3 Å². The number of nitrogens with two attached hydrogens (primary N) is 1. The summed E-state index contributed by atoms with van der Waals surface area (Å²) in [5.74, 6) is -0.769. The fourth-order valence-corrected chi connectivity index (χ4v) is 1.38. The molecule has 0 saturated heterocycles. The summed E-state index contributed by atoms with van der Waals surface area (Å²) in [7, 11) is 0. The third kappa shape index (κ3) is 3.27. The Balaban J connectivity index is 3.12. The number of rotatable bonds is 4. The van der Waals surface area contributed by atoms with Crippen molar-refractivity contribution in [2.45, 2.75) is 19.8 Å². The van der Waals surface area contributed by atoms with E-state index in [0.29, 0.717) is 0 Å². The summed E-state index contributed by atoms with van der Waals surface area (Å²) in [5, 5.41) is 0. The van der Waals surface area contributed by atoms with Gasteiger partial charge >= 0.3 is 5.97 Å². The number of anilines is 1. The maximum absolute atomic E-state index is 12.6. The van der Waals surface area contributed by atoms with E-state index >= 15 is 0 Å². The molecule has 0 bridgehead atoms. The minimum absolute atomic E-state index is 0.0706. The maximum Gasteiger partial charge on any atom is 0.311 e. The van der Waals surface area contributed by atoms with Crippen LogP contribution in [0.4, 0.5) is 14.6 Å². The molecule has 0 aromatic carbocycles. The second-order valence-electron chi connectivity index (χ2n) is 3.26. The third-order valence-electron chi connectivity index (χ3n) is 2.02. The Hall–Kier alpha value is -1.92. The van der Waals surface area contributed by atoms with Crippen molar-refractivity contribution in [1.29, 1.82) is 0 Å². The van der Waals surface area contributed by atoms with Gasteiger partial charge in [-0.05, 0) is 6.92 Å². The van der Waals surface area contributed by atoms with E-state index in [1.54, 1.807) is 6.92 Å². The summed E-state index contributed by atoms with van der Waals surface area (Å²) in [6.45, 7) is 1.73. The predicted molar refractivity (Wildman–Crippen MR) is 56.8 cm³/mol. The lowest BCUT2D eigenvalue weighted by atomic mass is 10.1. The molecule has 0 fully saturated rings. The van der Waals surface area contributed by atoms with E-state index in [4.69, 9.17) is 5.73 Å². The highest BCUT2D eigenvalue weighted by Gasteiger charge is 2.20. The minimum atomic E-state index is -2.97. The van der Waals surface area contributed by atoms with Crippen LogP contribution < -0.4 is 11.2 Å². The number of nitrogens with one attached hydrogen (secondary N) is 1. The molecule has 1 aromatic heterocycles. The molecule has 0 unspecified atom stereocenters. The van der Waals surface area contributed by atoms with Crippen LogP contribution in [0.25, 0.3) is 0 Å². The van der Waals surface area contributed by atoms with Gasteiger partial charge in [-0.3, -0.25) is 9.59 Å². The number of hydrogen-bond acceptors (Lipinski definition) is 4. The number of halogens is 2. The molecule has 0 atom stereocenters. The summed E-state index contributed by atoms with van der Waals surface area (Å²) in [4.78, 5) is 24.9. The Morgan fingerprint density at radius 3 is 2.76 bits per heavy atom. The van der Waals surface area contributed by atoms with Crippen molar-refractivity contribution in [3.8, 4) is 0 Å². The zero-order chi connectivity index (χ0) is 13.0. The van der Waals surface area contributed by atoms with E-state index in [2.05, 4.69) is 9.72 Å². The number of hydrogen-bond donors (Lipinski definition) is 2. The van der Waals surface area contributed by atoms with E-state index in [1.807, 2.05) is 0 Å². The summed E-state index contributed by atoms with van der Waals surface area (Å²) in [6.07, 6.45) is -3.41. The molecule has 0 aliphatic rings. The van der Waals surface area contributed by atoms with Gasteiger partial charge in [-0.2, -0.15) is 0 Å². The quantitative estimate of drug-likeness (QED) is 0.776. The molecule has 94 valence electrons. The van der Waals surface area contributed by atoms with E-state index in [-0.39, 0.29) is 18.1 Å². The standard InChI is InChI=1S/C10H12F2N2O3/c1-2-17-8(16)3-5-9(10(11)12)6(15)4-7(13)14-5/h4,10H,2-3H2,1H3,(H3,13,14,15). The lowest BCUT2D eigenvalue weighted by Gasteiger charge is -2.08. The van der Waals surface area contributed by atoms with Crippen LogP contribution in [0.1, 0.15) is 24.6 Å². The van der Waals surface area contributed by atoms with Crippen LogP contribution in [-0.4, -0.2) is 17.6 Å². The largest absolute Gasteiger partial charge is 0.466 e. The summed E-state index contributed by atoms with van der Waals surface area (Å²) in [6, 6.07) is 0.857. The van der Waals surface area contributed by atoms with Crippen molar-refractivity contribution in [1.82, 2.24) is 4.98 Å². The topological polar surface area (TPSA) is 85.2 Å². The highest BCUT2D eigenvalue weighted by Crippen LogP contribution is 2.19. The SMILES string of the molecule is CCOC(=O)Cc1[nH]c(N)cc(=O)c1C(F)F. The first kappa shape index (κ1) is 13.1.